The van der Waals surface area contributed by atoms with Gasteiger partial charge in [0.1, 0.15) is 0 Å². The molecule has 0 radical (unpaired) electrons. The minimum atomic E-state index is -0.106. The first-order valence-corrected chi connectivity index (χ1v) is 10.4. The average Bonchev–Trinajstić information content (AvgIpc) is 2.69. The number of pyridine rings is 1. The molecule has 2 amide bonds. The van der Waals surface area contributed by atoms with E-state index in [9.17, 15) is 4.79 Å². The normalized spacial score (nSPS) is 17.3. The molecular weight excluding hydrogens is 372 g/mol. The van der Waals surface area contributed by atoms with E-state index in [1.165, 1.54) is 25.8 Å². The highest BCUT2D eigenvalue weighted by atomic mass is 35.5. The van der Waals surface area contributed by atoms with Gasteiger partial charge >= 0.3 is 6.03 Å². The fraction of sp³-hybridized carbons (Fsp3) is 0.455. The van der Waals surface area contributed by atoms with E-state index in [1.807, 2.05) is 29.2 Å². The van der Waals surface area contributed by atoms with Crippen LogP contribution in [0.1, 0.15) is 38.2 Å². The van der Waals surface area contributed by atoms with E-state index in [0.29, 0.717) is 29.8 Å². The summed E-state index contributed by atoms with van der Waals surface area (Å²) in [7, 11) is 0. The summed E-state index contributed by atoms with van der Waals surface area (Å²) in [5, 5.41) is 3.58. The number of urea groups is 1. The van der Waals surface area contributed by atoms with Crippen LogP contribution in [0.4, 0.5) is 10.5 Å². The molecule has 28 heavy (non-hydrogen) atoms. The second-order valence-electron chi connectivity index (χ2n) is 7.45. The average molecular weight is 401 g/mol. The van der Waals surface area contributed by atoms with E-state index < -0.39 is 0 Å². The van der Waals surface area contributed by atoms with E-state index in [0.717, 1.165) is 18.5 Å². The molecule has 2 heterocycles. The molecule has 1 aromatic heterocycles. The monoisotopic (exact) mass is 400 g/mol. The summed E-state index contributed by atoms with van der Waals surface area (Å²) in [6.45, 7) is 5.76. The highest BCUT2D eigenvalue weighted by Gasteiger charge is 2.19. The van der Waals surface area contributed by atoms with Crippen molar-refractivity contribution in [2.24, 2.45) is 0 Å². The molecule has 1 saturated heterocycles. The third-order valence-electron chi connectivity index (χ3n) is 5.30. The van der Waals surface area contributed by atoms with Gasteiger partial charge in [-0.1, -0.05) is 24.1 Å². The number of likely N-dealkylation sites (tertiary alicyclic amines) is 1. The fourth-order valence-corrected chi connectivity index (χ4v) is 3.87. The molecule has 5 nitrogen and oxygen atoms in total. The van der Waals surface area contributed by atoms with Crippen molar-refractivity contribution in [2.75, 3.05) is 25.0 Å². The number of carbonyl (C=O) groups is 1. The molecule has 0 saturated carbocycles. The Labute approximate surface area is 172 Å². The Bertz CT molecular complexity index is 755. The number of carbonyl (C=O) groups excluding carboxylic acids is 1. The first-order chi connectivity index (χ1) is 13.6. The van der Waals surface area contributed by atoms with Crippen LogP contribution in [0.5, 0.6) is 0 Å². The van der Waals surface area contributed by atoms with Crippen molar-refractivity contribution < 1.29 is 4.79 Å². The molecule has 1 aromatic carbocycles. The summed E-state index contributed by atoms with van der Waals surface area (Å²) < 4.78 is 0. The van der Waals surface area contributed by atoms with E-state index in [4.69, 9.17) is 11.6 Å². The van der Waals surface area contributed by atoms with Crippen LogP contribution in [0.2, 0.25) is 5.02 Å². The lowest BCUT2D eigenvalue weighted by Gasteiger charge is -2.34. The molecule has 1 fully saturated rings. The quantitative estimate of drug-likeness (QED) is 0.708. The standard InChI is InChI=1S/C22H29ClN4O/c1-18-6-2-3-13-26(18)14-5-15-27(17-19-9-11-24-12-10-19)22(28)25-21-8-4-7-20(23)16-21/h4,7-12,16,18H,2-3,5-6,13-15,17H2,1H3,(H,25,28). The van der Waals surface area contributed by atoms with Crippen molar-refractivity contribution >= 4 is 23.3 Å². The minimum Gasteiger partial charge on any atom is -0.320 e. The Balaban J connectivity index is 1.61. The van der Waals surface area contributed by atoms with E-state index in [-0.39, 0.29) is 6.03 Å². The Morgan fingerprint density at radius 1 is 1.29 bits per heavy atom. The summed E-state index contributed by atoms with van der Waals surface area (Å²) in [5.41, 5.74) is 1.78. The van der Waals surface area contributed by atoms with Gasteiger partial charge in [-0.05, 0) is 68.6 Å². The van der Waals surface area contributed by atoms with Crippen LogP contribution in [-0.2, 0) is 6.54 Å². The maximum atomic E-state index is 12.9. The van der Waals surface area contributed by atoms with Crippen LogP contribution in [0, 0.1) is 0 Å². The number of anilines is 1. The zero-order valence-electron chi connectivity index (χ0n) is 16.5. The minimum absolute atomic E-state index is 0.106. The Kier molecular flexibility index (Phi) is 7.69. The molecule has 6 heteroatoms. The number of hydrogen-bond acceptors (Lipinski definition) is 3. The number of nitrogens with one attached hydrogen (secondary N) is 1. The zero-order chi connectivity index (χ0) is 19.8. The Morgan fingerprint density at radius 3 is 2.86 bits per heavy atom. The summed E-state index contributed by atoms with van der Waals surface area (Å²) in [5.74, 6) is 0. The highest BCUT2D eigenvalue weighted by Crippen LogP contribution is 2.18. The maximum Gasteiger partial charge on any atom is 0.322 e. The smallest absolute Gasteiger partial charge is 0.320 e. The number of piperidine rings is 1. The maximum absolute atomic E-state index is 12.9. The van der Waals surface area contributed by atoms with Gasteiger partial charge in [0.15, 0.2) is 0 Å². The molecule has 0 spiro atoms. The van der Waals surface area contributed by atoms with Crippen LogP contribution >= 0.6 is 11.6 Å². The molecule has 1 N–H and O–H groups in total. The largest absolute Gasteiger partial charge is 0.322 e. The lowest BCUT2D eigenvalue weighted by Crippen LogP contribution is -2.40. The Morgan fingerprint density at radius 2 is 2.11 bits per heavy atom. The zero-order valence-corrected chi connectivity index (χ0v) is 17.2. The lowest BCUT2D eigenvalue weighted by molar-refractivity contribution is 0.150. The van der Waals surface area contributed by atoms with Crippen molar-refractivity contribution in [1.82, 2.24) is 14.8 Å². The first-order valence-electron chi connectivity index (χ1n) is 10.1. The van der Waals surface area contributed by atoms with Crippen molar-refractivity contribution in [2.45, 2.75) is 45.2 Å². The molecule has 2 aromatic rings. The van der Waals surface area contributed by atoms with Gasteiger partial charge in [0, 0.05) is 48.8 Å². The third-order valence-corrected chi connectivity index (χ3v) is 5.53. The number of rotatable bonds is 7. The van der Waals surface area contributed by atoms with Gasteiger partial charge in [-0.2, -0.15) is 0 Å². The van der Waals surface area contributed by atoms with Crippen LogP contribution in [-0.4, -0.2) is 46.5 Å². The number of benzene rings is 1. The van der Waals surface area contributed by atoms with Crippen LogP contribution in [0.15, 0.2) is 48.8 Å². The van der Waals surface area contributed by atoms with E-state index in [1.54, 1.807) is 24.5 Å². The molecule has 0 bridgehead atoms. The topological polar surface area (TPSA) is 48.5 Å². The predicted octanol–water partition coefficient (Wildman–Crippen LogP) is 5.03. The number of aromatic nitrogens is 1. The number of nitrogens with zero attached hydrogens (tertiary/aromatic N) is 3. The lowest BCUT2D eigenvalue weighted by atomic mass is 10.0. The highest BCUT2D eigenvalue weighted by molar-refractivity contribution is 6.30. The van der Waals surface area contributed by atoms with Gasteiger partial charge in [0.25, 0.3) is 0 Å². The van der Waals surface area contributed by atoms with Gasteiger partial charge in [-0.15, -0.1) is 0 Å². The van der Waals surface area contributed by atoms with Crippen LogP contribution in [0.3, 0.4) is 0 Å². The first kappa shape index (κ1) is 20.6. The van der Waals surface area contributed by atoms with Gasteiger partial charge in [-0.25, -0.2) is 4.79 Å². The van der Waals surface area contributed by atoms with E-state index in [2.05, 4.69) is 22.1 Å². The van der Waals surface area contributed by atoms with Gasteiger partial charge in [0.05, 0.1) is 0 Å². The Hall–Kier alpha value is -2.11. The van der Waals surface area contributed by atoms with Gasteiger partial charge in [0.2, 0.25) is 0 Å². The number of halogens is 1. The molecular formula is C22H29ClN4O. The second-order valence-corrected chi connectivity index (χ2v) is 7.89. The summed E-state index contributed by atoms with van der Waals surface area (Å²) in [6, 6.07) is 11.7. The third kappa shape index (κ3) is 6.21. The predicted molar refractivity (Wildman–Crippen MR) is 115 cm³/mol. The molecule has 3 rings (SSSR count). The second kappa shape index (κ2) is 10.4. The summed E-state index contributed by atoms with van der Waals surface area (Å²) in [4.78, 5) is 21.4. The van der Waals surface area contributed by atoms with Gasteiger partial charge in [-0.3, -0.25) is 4.98 Å². The molecule has 1 atom stereocenters. The summed E-state index contributed by atoms with van der Waals surface area (Å²) >= 11 is 6.04. The molecule has 1 unspecified atom stereocenters. The van der Waals surface area contributed by atoms with Crippen LogP contribution < -0.4 is 5.32 Å². The van der Waals surface area contributed by atoms with Gasteiger partial charge < -0.3 is 15.1 Å². The van der Waals surface area contributed by atoms with Crippen LogP contribution in [0.25, 0.3) is 0 Å². The van der Waals surface area contributed by atoms with Crippen molar-refractivity contribution in [3.8, 4) is 0 Å². The van der Waals surface area contributed by atoms with Crippen molar-refractivity contribution in [1.29, 1.82) is 0 Å². The number of hydrogen-bond donors (Lipinski definition) is 1. The van der Waals surface area contributed by atoms with E-state index >= 15 is 0 Å². The summed E-state index contributed by atoms with van der Waals surface area (Å²) in [6.07, 6.45) is 8.36. The molecule has 1 aliphatic heterocycles. The van der Waals surface area contributed by atoms with Crippen molar-refractivity contribution in [3.05, 3.63) is 59.4 Å². The molecule has 1 aliphatic rings. The molecule has 0 aliphatic carbocycles. The van der Waals surface area contributed by atoms with Crippen molar-refractivity contribution in [3.63, 3.8) is 0 Å². The number of amides is 2. The fourth-order valence-electron chi connectivity index (χ4n) is 3.68. The molecule has 150 valence electrons. The SMILES string of the molecule is CC1CCCCN1CCCN(Cc1ccncc1)C(=O)Nc1cccc(Cl)c1.